The Morgan fingerprint density at radius 3 is 2.56 bits per heavy atom. The molecule has 2 aromatic carbocycles. The molecule has 12 nitrogen and oxygen atoms in total. The Kier molecular flexibility index (Phi) is 8.57. The summed E-state index contributed by atoms with van der Waals surface area (Å²) in [5.74, 6) is -0.160. The van der Waals surface area contributed by atoms with Crippen molar-refractivity contribution >= 4 is 27.5 Å². The fourth-order valence-electron chi connectivity index (χ4n) is 5.61. The molecular weight excluding hydrogens is 602 g/mol. The van der Waals surface area contributed by atoms with Crippen LogP contribution in [0.4, 0.5) is 0 Å². The summed E-state index contributed by atoms with van der Waals surface area (Å²) in [6, 6.07) is 11.5. The van der Waals surface area contributed by atoms with E-state index in [0.29, 0.717) is 53.0 Å². The van der Waals surface area contributed by atoms with Crippen molar-refractivity contribution in [3.8, 4) is 28.0 Å². The molecule has 1 unspecified atom stereocenters. The van der Waals surface area contributed by atoms with Gasteiger partial charge in [0, 0.05) is 18.8 Å². The fraction of sp³-hybridized carbons (Fsp3) is 0.312. The minimum Gasteiger partial charge on any atom is -0.496 e. The van der Waals surface area contributed by atoms with Crippen molar-refractivity contribution in [1.29, 1.82) is 0 Å². The minimum absolute atomic E-state index is 0.00510. The van der Waals surface area contributed by atoms with Crippen LogP contribution in [0.1, 0.15) is 40.4 Å². The van der Waals surface area contributed by atoms with Crippen LogP contribution in [0.5, 0.6) is 11.5 Å². The van der Waals surface area contributed by atoms with Crippen LogP contribution in [0, 0.1) is 6.92 Å². The maximum absolute atomic E-state index is 14.6. The number of carboxylic acids is 1. The van der Waals surface area contributed by atoms with Crippen LogP contribution < -0.4 is 20.7 Å². The first kappa shape index (κ1) is 30.3. The van der Waals surface area contributed by atoms with E-state index in [1.807, 2.05) is 24.3 Å². The summed E-state index contributed by atoms with van der Waals surface area (Å²) in [4.78, 5) is 46.0. The van der Waals surface area contributed by atoms with Crippen molar-refractivity contribution in [2.24, 2.45) is 0 Å². The van der Waals surface area contributed by atoms with E-state index in [0.717, 1.165) is 10.1 Å². The van der Waals surface area contributed by atoms with Gasteiger partial charge in [0.25, 0.3) is 5.56 Å². The Morgan fingerprint density at radius 2 is 1.87 bits per heavy atom. The van der Waals surface area contributed by atoms with E-state index in [4.69, 9.17) is 23.4 Å². The standard InChI is InChI=1S/C32H31N3O9S/c1-18-26-29(36)35(22-16-19(31(37)38)8-9-24(22)41-3)32(39)34(30(26)45-27(18)28-33-12-15-43-28)17-25(44-20-10-13-42-14-11-20)21-6-4-5-7-23(21)40-2/h4-9,12,15-16,20,25H,10-11,13-14,17H2,1-3H3,(H,37,38). The summed E-state index contributed by atoms with van der Waals surface area (Å²) in [6.45, 7) is 2.89. The zero-order valence-corrected chi connectivity index (χ0v) is 25.7. The number of carboxylic acid groups (broad SMARTS) is 1. The van der Waals surface area contributed by atoms with Gasteiger partial charge in [-0.05, 0) is 49.6 Å². The van der Waals surface area contributed by atoms with Crippen molar-refractivity contribution in [2.45, 2.75) is 38.5 Å². The maximum atomic E-state index is 14.6. The normalized spacial score (nSPS) is 14.5. The summed E-state index contributed by atoms with van der Waals surface area (Å²) in [5.41, 5.74) is -0.123. The van der Waals surface area contributed by atoms with Crippen molar-refractivity contribution in [3.63, 3.8) is 0 Å². The van der Waals surface area contributed by atoms with Crippen LogP contribution in [-0.2, 0) is 16.0 Å². The highest BCUT2D eigenvalue weighted by Crippen LogP contribution is 2.38. The molecule has 13 heteroatoms. The third-order valence-corrected chi connectivity index (χ3v) is 9.17. The molecule has 0 aliphatic carbocycles. The van der Waals surface area contributed by atoms with Crippen LogP contribution in [-0.4, -0.2) is 58.7 Å². The Hall–Kier alpha value is -4.72. The quantitative estimate of drug-likeness (QED) is 0.227. The number of hydrogen-bond acceptors (Lipinski definition) is 10. The summed E-state index contributed by atoms with van der Waals surface area (Å²) < 4.78 is 31.4. The van der Waals surface area contributed by atoms with E-state index < -0.39 is 23.3 Å². The van der Waals surface area contributed by atoms with Crippen molar-refractivity contribution in [1.82, 2.24) is 14.1 Å². The maximum Gasteiger partial charge on any atom is 0.336 e. The number of rotatable bonds is 10. The van der Waals surface area contributed by atoms with E-state index in [-0.39, 0.29) is 35.0 Å². The molecule has 1 fully saturated rings. The predicted molar refractivity (Wildman–Crippen MR) is 166 cm³/mol. The van der Waals surface area contributed by atoms with Crippen LogP contribution in [0.15, 0.2) is 68.9 Å². The summed E-state index contributed by atoms with van der Waals surface area (Å²) in [7, 11) is 2.96. The molecule has 0 bridgehead atoms. The summed E-state index contributed by atoms with van der Waals surface area (Å²) in [5, 5.41) is 9.99. The van der Waals surface area contributed by atoms with Gasteiger partial charge in [0.2, 0.25) is 5.89 Å². The summed E-state index contributed by atoms with van der Waals surface area (Å²) in [6.07, 6.45) is 3.52. The zero-order chi connectivity index (χ0) is 31.7. The number of hydrogen-bond donors (Lipinski definition) is 1. The van der Waals surface area contributed by atoms with Crippen molar-refractivity contribution in [3.05, 3.63) is 92.5 Å². The highest BCUT2D eigenvalue weighted by molar-refractivity contribution is 7.22. The molecular formula is C32H31N3O9S. The van der Waals surface area contributed by atoms with Crippen molar-refractivity contribution < 1.29 is 33.3 Å². The molecule has 1 saturated heterocycles. The van der Waals surface area contributed by atoms with E-state index in [1.165, 1.54) is 53.7 Å². The molecule has 1 aliphatic rings. The second-order valence-electron chi connectivity index (χ2n) is 10.5. The molecule has 1 aliphatic heterocycles. The molecule has 0 amide bonds. The number of aromatic carboxylic acids is 1. The second-order valence-corrected chi connectivity index (χ2v) is 11.5. The minimum atomic E-state index is -1.22. The topological polar surface area (TPSA) is 144 Å². The number of nitrogens with zero attached hydrogens (tertiary/aromatic N) is 3. The lowest BCUT2D eigenvalue weighted by Gasteiger charge is -2.29. The van der Waals surface area contributed by atoms with Gasteiger partial charge in [-0.1, -0.05) is 18.2 Å². The molecule has 1 atom stereocenters. The monoisotopic (exact) mass is 633 g/mol. The molecule has 6 rings (SSSR count). The Morgan fingerprint density at radius 1 is 1.11 bits per heavy atom. The Labute approximate surface area is 261 Å². The van der Waals surface area contributed by atoms with Gasteiger partial charge in [-0.3, -0.25) is 9.36 Å². The van der Waals surface area contributed by atoms with Crippen LogP contribution in [0.2, 0.25) is 0 Å². The van der Waals surface area contributed by atoms with E-state index >= 15 is 0 Å². The lowest BCUT2D eigenvalue weighted by atomic mass is 10.1. The number of thiophene rings is 1. The van der Waals surface area contributed by atoms with Gasteiger partial charge >= 0.3 is 11.7 Å². The number of aryl methyl sites for hydroxylation is 1. The molecule has 1 N–H and O–H groups in total. The number of carbonyl (C=O) groups is 1. The first-order chi connectivity index (χ1) is 21.8. The molecule has 45 heavy (non-hydrogen) atoms. The highest BCUT2D eigenvalue weighted by atomic mass is 32.1. The number of ether oxygens (including phenoxy) is 4. The average Bonchev–Trinajstić information content (AvgIpc) is 3.71. The lowest BCUT2D eigenvalue weighted by Crippen LogP contribution is -2.40. The number of aromatic nitrogens is 3. The van der Waals surface area contributed by atoms with Gasteiger partial charge < -0.3 is 28.5 Å². The number of methoxy groups -OCH3 is 2. The van der Waals surface area contributed by atoms with E-state index in [1.54, 1.807) is 14.0 Å². The zero-order valence-electron chi connectivity index (χ0n) is 24.8. The third-order valence-electron chi connectivity index (χ3n) is 7.87. The fourth-order valence-corrected chi connectivity index (χ4v) is 6.86. The number of fused-ring (bicyclic) bond motifs is 1. The van der Waals surface area contributed by atoms with Crippen LogP contribution in [0.25, 0.3) is 26.7 Å². The smallest absolute Gasteiger partial charge is 0.336 e. The molecule has 3 aromatic heterocycles. The first-order valence-electron chi connectivity index (χ1n) is 14.3. The van der Waals surface area contributed by atoms with E-state index in [9.17, 15) is 19.5 Å². The first-order valence-corrected chi connectivity index (χ1v) is 15.1. The average molecular weight is 634 g/mol. The third kappa shape index (κ3) is 5.65. The number of para-hydroxylation sites is 1. The predicted octanol–water partition coefficient (Wildman–Crippen LogP) is 4.83. The van der Waals surface area contributed by atoms with Gasteiger partial charge in [0.1, 0.15) is 28.7 Å². The van der Waals surface area contributed by atoms with Gasteiger partial charge in [0.05, 0.1) is 54.6 Å². The molecule has 5 aromatic rings. The molecule has 0 saturated carbocycles. The van der Waals surface area contributed by atoms with Crippen LogP contribution >= 0.6 is 11.3 Å². The van der Waals surface area contributed by atoms with Crippen LogP contribution in [0.3, 0.4) is 0 Å². The van der Waals surface area contributed by atoms with E-state index in [2.05, 4.69) is 4.98 Å². The second kappa shape index (κ2) is 12.7. The van der Waals surface area contributed by atoms with Gasteiger partial charge in [0.15, 0.2) is 0 Å². The van der Waals surface area contributed by atoms with Gasteiger partial charge in [-0.25, -0.2) is 19.1 Å². The summed E-state index contributed by atoms with van der Waals surface area (Å²) >= 11 is 1.21. The Bertz CT molecular complexity index is 1970. The highest BCUT2D eigenvalue weighted by Gasteiger charge is 2.29. The largest absolute Gasteiger partial charge is 0.496 e. The van der Waals surface area contributed by atoms with Crippen molar-refractivity contribution in [2.75, 3.05) is 27.4 Å². The molecule has 0 radical (unpaired) electrons. The molecule has 0 spiro atoms. The SMILES string of the molecule is COc1ccccc1C(Cn1c(=O)n(-c2cc(C(=O)O)ccc2OC)c(=O)c2c(C)c(-c3ncco3)sc21)OC1CCOCC1. The number of oxazole rings is 1. The molecule has 4 heterocycles. The molecule has 234 valence electrons. The Balaban J connectivity index is 1.63. The van der Waals surface area contributed by atoms with Gasteiger partial charge in [-0.2, -0.15) is 0 Å². The number of benzene rings is 2. The van der Waals surface area contributed by atoms with Gasteiger partial charge in [-0.15, -0.1) is 11.3 Å². The lowest BCUT2D eigenvalue weighted by molar-refractivity contribution is -0.0752.